The maximum absolute atomic E-state index is 5.64. The zero-order valence-corrected chi connectivity index (χ0v) is 9.57. The van der Waals surface area contributed by atoms with Gasteiger partial charge in [-0.25, -0.2) is 0 Å². The minimum atomic E-state index is 0.559. The number of aromatic nitrogens is 1. The molecule has 0 amide bonds. The van der Waals surface area contributed by atoms with Crippen LogP contribution in [-0.2, 0) is 6.54 Å². The second kappa shape index (κ2) is 4.38. The third-order valence-electron chi connectivity index (χ3n) is 2.73. The molecule has 14 heavy (non-hydrogen) atoms. The van der Waals surface area contributed by atoms with Crippen molar-refractivity contribution in [3.63, 3.8) is 0 Å². The van der Waals surface area contributed by atoms with Gasteiger partial charge in [-0.05, 0) is 34.5 Å². The summed E-state index contributed by atoms with van der Waals surface area (Å²) >= 11 is 3.50. The van der Waals surface area contributed by atoms with Crippen molar-refractivity contribution in [2.75, 3.05) is 13.1 Å². The Bertz CT molecular complexity index is 314. The fraction of sp³-hybridized carbons (Fsp3) is 0.500. The molecule has 1 aliphatic heterocycles. The van der Waals surface area contributed by atoms with E-state index in [2.05, 4.69) is 25.8 Å². The van der Waals surface area contributed by atoms with Gasteiger partial charge in [-0.3, -0.25) is 9.88 Å². The molecule has 0 aromatic carbocycles. The van der Waals surface area contributed by atoms with E-state index < -0.39 is 0 Å². The average molecular weight is 256 g/mol. The van der Waals surface area contributed by atoms with E-state index in [0.29, 0.717) is 6.04 Å². The van der Waals surface area contributed by atoms with E-state index in [1.807, 2.05) is 18.3 Å². The van der Waals surface area contributed by atoms with Crippen LogP contribution in [0.15, 0.2) is 22.8 Å². The van der Waals surface area contributed by atoms with E-state index in [9.17, 15) is 0 Å². The summed E-state index contributed by atoms with van der Waals surface area (Å²) in [5.41, 5.74) is 6.74. The molecule has 2 heterocycles. The number of nitrogens with zero attached hydrogens (tertiary/aromatic N) is 2. The largest absolute Gasteiger partial charge is 0.329 e. The molecular formula is C10H14BrN3. The molecule has 2 rings (SSSR count). The summed E-state index contributed by atoms with van der Waals surface area (Å²) in [4.78, 5) is 6.71. The van der Waals surface area contributed by atoms with E-state index in [-0.39, 0.29) is 0 Å². The van der Waals surface area contributed by atoms with E-state index >= 15 is 0 Å². The van der Waals surface area contributed by atoms with E-state index in [1.54, 1.807) is 0 Å². The predicted octanol–water partition coefficient (Wildman–Crippen LogP) is 1.38. The topological polar surface area (TPSA) is 42.1 Å². The molecule has 1 atom stereocenters. The minimum Gasteiger partial charge on any atom is -0.329 e. The smallest absolute Gasteiger partial charge is 0.0685 e. The van der Waals surface area contributed by atoms with E-state index in [0.717, 1.165) is 29.8 Å². The lowest BCUT2D eigenvalue weighted by molar-refractivity contribution is 0.0864. The number of hydrogen-bond donors (Lipinski definition) is 1. The van der Waals surface area contributed by atoms with Gasteiger partial charge in [-0.1, -0.05) is 0 Å². The van der Waals surface area contributed by atoms with Crippen LogP contribution in [0.25, 0.3) is 0 Å². The van der Waals surface area contributed by atoms with E-state index in [4.69, 9.17) is 5.73 Å². The van der Waals surface area contributed by atoms with Crippen molar-refractivity contribution in [3.05, 3.63) is 28.5 Å². The average Bonchev–Trinajstić information content (AvgIpc) is 2.15. The molecule has 1 unspecified atom stereocenters. The molecule has 4 heteroatoms. The normalized spacial score (nSPS) is 22.0. The molecule has 2 N–H and O–H groups in total. The highest BCUT2D eigenvalue weighted by Crippen LogP contribution is 2.22. The molecule has 76 valence electrons. The number of pyridine rings is 1. The maximum Gasteiger partial charge on any atom is 0.0685 e. The third kappa shape index (κ3) is 1.97. The molecule has 0 aliphatic carbocycles. The first kappa shape index (κ1) is 10.1. The van der Waals surface area contributed by atoms with Crippen molar-refractivity contribution in [1.29, 1.82) is 0 Å². The van der Waals surface area contributed by atoms with Gasteiger partial charge in [0.05, 0.1) is 5.69 Å². The molecule has 1 aromatic heterocycles. The predicted molar refractivity (Wildman–Crippen MR) is 59.8 cm³/mol. The number of likely N-dealkylation sites (tertiary alicyclic amines) is 1. The molecule has 0 radical (unpaired) electrons. The Morgan fingerprint density at radius 2 is 2.50 bits per heavy atom. The standard InChI is InChI=1S/C10H14BrN3/c11-9-2-1-4-13-10(9)7-14-5-3-8(14)6-12/h1-2,4,8H,3,5-7,12H2. The SMILES string of the molecule is NCC1CCN1Cc1ncccc1Br. The summed E-state index contributed by atoms with van der Waals surface area (Å²) in [6, 6.07) is 4.52. The fourth-order valence-electron chi connectivity index (χ4n) is 1.70. The van der Waals surface area contributed by atoms with Crippen LogP contribution >= 0.6 is 15.9 Å². The van der Waals surface area contributed by atoms with Crippen LogP contribution in [0.5, 0.6) is 0 Å². The van der Waals surface area contributed by atoms with Gasteiger partial charge in [-0.2, -0.15) is 0 Å². The minimum absolute atomic E-state index is 0.559. The fourth-order valence-corrected chi connectivity index (χ4v) is 2.08. The van der Waals surface area contributed by atoms with Crippen molar-refractivity contribution < 1.29 is 0 Å². The summed E-state index contributed by atoms with van der Waals surface area (Å²) in [6.07, 6.45) is 3.05. The molecule has 1 aromatic rings. The zero-order chi connectivity index (χ0) is 9.97. The number of nitrogens with two attached hydrogens (primary N) is 1. The number of hydrogen-bond acceptors (Lipinski definition) is 3. The van der Waals surface area contributed by atoms with Crippen LogP contribution < -0.4 is 5.73 Å². The van der Waals surface area contributed by atoms with Gasteiger partial charge in [0.15, 0.2) is 0 Å². The molecule has 1 fully saturated rings. The van der Waals surface area contributed by atoms with Gasteiger partial charge in [0, 0.05) is 36.3 Å². The van der Waals surface area contributed by atoms with Crippen molar-refractivity contribution >= 4 is 15.9 Å². The summed E-state index contributed by atoms with van der Waals surface area (Å²) in [5.74, 6) is 0. The molecule has 3 nitrogen and oxygen atoms in total. The number of halogens is 1. The van der Waals surface area contributed by atoms with Crippen LogP contribution in [0.2, 0.25) is 0 Å². The van der Waals surface area contributed by atoms with Crippen molar-refractivity contribution in [2.24, 2.45) is 5.73 Å². The molecule has 0 saturated carbocycles. The summed E-state index contributed by atoms with van der Waals surface area (Å²) in [5, 5.41) is 0. The third-order valence-corrected chi connectivity index (χ3v) is 3.45. The lowest BCUT2D eigenvalue weighted by atomic mass is 10.0. The first-order valence-electron chi connectivity index (χ1n) is 4.85. The molecule has 0 bridgehead atoms. The summed E-state index contributed by atoms with van der Waals surface area (Å²) in [7, 11) is 0. The monoisotopic (exact) mass is 255 g/mol. The van der Waals surface area contributed by atoms with Crippen molar-refractivity contribution in [2.45, 2.75) is 19.0 Å². The van der Waals surface area contributed by atoms with Crippen molar-refractivity contribution in [1.82, 2.24) is 9.88 Å². The zero-order valence-electron chi connectivity index (χ0n) is 7.99. The summed E-state index contributed by atoms with van der Waals surface area (Å²) in [6.45, 7) is 2.80. The lowest BCUT2D eigenvalue weighted by Crippen LogP contribution is -2.51. The second-order valence-electron chi connectivity index (χ2n) is 3.58. The Morgan fingerprint density at radius 1 is 1.64 bits per heavy atom. The maximum atomic E-state index is 5.64. The van der Waals surface area contributed by atoms with Gasteiger partial charge in [0.2, 0.25) is 0 Å². The lowest BCUT2D eigenvalue weighted by Gasteiger charge is -2.40. The van der Waals surface area contributed by atoms with Crippen LogP contribution in [0, 0.1) is 0 Å². The van der Waals surface area contributed by atoms with Gasteiger partial charge >= 0.3 is 0 Å². The van der Waals surface area contributed by atoms with Gasteiger partial charge in [0.25, 0.3) is 0 Å². The van der Waals surface area contributed by atoms with Gasteiger partial charge < -0.3 is 5.73 Å². The first-order valence-corrected chi connectivity index (χ1v) is 5.64. The molecule has 1 aliphatic rings. The molecule has 1 saturated heterocycles. The molecular weight excluding hydrogens is 242 g/mol. The van der Waals surface area contributed by atoms with Crippen LogP contribution in [0.1, 0.15) is 12.1 Å². The number of rotatable bonds is 3. The van der Waals surface area contributed by atoms with Crippen LogP contribution in [0.3, 0.4) is 0 Å². The highest BCUT2D eigenvalue weighted by Gasteiger charge is 2.26. The quantitative estimate of drug-likeness (QED) is 0.888. The van der Waals surface area contributed by atoms with Gasteiger partial charge in [0.1, 0.15) is 0 Å². The Kier molecular flexibility index (Phi) is 3.15. The first-order chi connectivity index (χ1) is 6.81. The van der Waals surface area contributed by atoms with Gasteiger partial charge in [-0.15, -0.1) is 0 Å². The highest BCUT2D eigenvalue weighted by atomic mass is 79.9. The highest BCUT2D eigenvalue weighted by molar-refractivity contribution is 9.10. The van der Waals surface area contributed by atoms with Crippen molar-refractivity contribution in [3.8, 4) is 0 Å². The van der Waals surface area contributed by atoms with Crippen LogP contribution in [-0.4, -0.2) is 29.0 Å². The second-order valence-corrected chi connectivity index (χ2v) is 4.43. The van der Waals surface area contributed by atoms with E-state index in [1.165, 1.54) is 6.42 Å². The Morgan fingerprint density at radius 3 is 3.07 bits per heavy atom. The Balaban J connectivity index is 2.01. The molecule has 0 spiro atoms. The Labute approximate surface area is 92.4 Å². The van der Waals surface area contributed by atoms with Crippen LogP contribution in [0.4, 0.5) is 0 Å². The summed E-state index contributed by atoms with van der Waals surface area (Å²) < 4.78 is 1.09. The Hall–Kier alpha value is -0.450.